The molecule has 2 N–H and O–H groups in total. The van der Waals surface area contributed by atoms with Crippen molar-refractivity contribution in [1.82, 2.24) is 0 Å². The normalized spacial score (nSPS) is 19.6. The Balaban J connectivity index is 4.30. The number of allylic oxidation sites excluding steroid dienone is 20. The van der Waals surface area contributed by atoms with E-state index in [2.05, 4.69) is 190 Å². The summed E-state index contributed by atoms with van der Waals surface area (Å²) in [7, 11) is 0. The molecule has 1 nitrogen and oxygen atoms in total. The van der Waals surface area contributed by atoms with Crippen LogP contribution in [0.5, 0.6) is 0 Å². The molecule has 0 radical (unpaired) electrons. The molecule has 0 saturated carbocycles. The molecule has 0 spiro atoms. The van der Waals surface area contributed by atoms with Crippen LogP contribution < -0.4 is 5.73 Å². The fraction of sp³-hybridized carbons (Fsp3) is 0.581. The van der Waals surface area contributed by atoms with Gasteiger partial charge in [0.15, 0.2) is 0 Å². The maximum absolute atomic E-state index is 7.66. The fourth-order valence-electron chi connectivity index (χ4n) is 9.62. The molecule has 0 heterocycles. The fourth-order valence-corrected chi connectivity index (χ4v) is 9.62. The minimum atomic E-state index is -0.463. The van der Waals surface area contributed by atoms with E-state index in [1.807, 2.05) is 6.08 Å². The molecule has 0 aromatic heterocycles. The lowest BCUT2D eigenvalue weighted by molar-refractivity contribution is 0.342. The average Bonchev–Trinajstić information content (AvgIpc) is 3.46. The maximum Gasteiger partial charge on any atom is 0.0412 e. The number of nitrogens with two attached hydrogens (primary N) is 1. The lowest BCUT2D eigenvalue weighted by Crippen LogP contribution is -2.44. The summed E-state index contributed by atoms with van der Waals surface area (Å²) >= 11 is 0. The predicted molar refractivity (Wildman–Crippen MR) is 288 cm³/mol. The van der Waals surface area contributed by atoms with Gasteiger partial charge in [0.05, 0.1) is 0 Å². The summed E-state index contributed by atoms with van der Waals surface area (Å²) in [5.74, 6) is 2.47. The van der Waals surface area contributed by atoms with Crippen LogP contribution in [0.2, 0.25) is 0 Å². The Labute approximate surface area is 392 Å². The molecule has 352 valence electrons. The summed E-state index contributed by atoms with van der Waals surface area (Å²) in [5.41, 5.74) is 20.5. The molecule has 0 aliphatic heterocycles. The minimum Gasteiger partial charge on any atom is -0.321 e. The summed E-state index contributed by atoms with van der Waals surface area (Å²) in [4.78, 5) is 0. The van der Waals surface area contributed by atoms with Crippen molar-refractivity contribution < 1.29 is 0 Å². The topological polar surface area (TPSA) is 26.0 Å². The van der Waals surface area contributed by atoms with Crippen molar-refractivity contribution in [3.05, 3.63) is 155 Å². The largest absolute Gasteiger partial charge is 0.321 e. The number of unbranched alkanes of at least 4 members (excludes halogenated alkanes) is 2. The van der Waals surface area contributed by atoms with Gasteiger partial charge in [-0.3, -0.25) is 0 Å². The van der Waals surface area contributed by atoms with E-state index in [1.165, 1.54) is 83.1 Å². The maximum atomic E-state index is 7.66. The van der Waals surface area contributed by atoms with Crippen molar-refractivity contribution in [2.75, 3.05) is 0 Å². The zero-order valence-corrected chi connectivity index (χ0v) is 43.8. The van der Waals surface area contributed by atoms with Gasteiger partial charge in [-0.25, -0.2) is 0 Å². The van der Waals surface area contributed by atoms with Crippen LogP contribution in [0.1, 0.15) is 193 Å². The molecule has 5 unspecified atom stereocenters. The Hall–Kier alpha value is -3.42. The Morgan fingerprint density at radius 2 is 1.48 bits per heavy atom. The molecule has 0 saturated heterocycles. The highest BCUT2D eigenvalue weighted by atomic mass is 14.7. The van der Waals surface area contributed by atoms with Gasteiger partial charge >= 0.3 is 0 Å². The highest BCUT2D eigenvalue weighted by Gasteiger charge is 2.43. The van der Waals surface area contributed by atoms with Gasteiger partial charge in [-0.1, -0.05) is 218 Å². The number of rotatable bonds is 32. The van der Waals surface area contributed by atoms with E-state index in [0.29, 0.717) is 29.6 Å². The molecule has 0 aromatic rings. The van der Waals surface area contributed by atoms with E-state index in [1.54, 1.807) is 0 Å². The van der Waals surface area contributed by atoms with Gasteiger partial charge in [-0.05, 0) is 153 Å². The van der Waals surface area contributed by atoms with Crippen LogP contribution in [0.4, 0.5) is 0 Å². The second-order valence-corrected chi connectivity index (χ2v) is 20.3. The molecule has 1 aliphatic carbocycles. The summed E-state index contributed by atoms with van der Waals surface area (Å²) < 4.78 is 0. The van der Waals surface area contributed by atoms with Gasteiger partial charge in [0.1, 0.15) is 0 Å². The molecule has 63 heavy (non-hydrogen) atoms. The first-order chi connectivity index (χ1) is 29.8. The van der Waals surface area contributed by atoms with Gasteiger partial charge in [-0.15, -0.1) is 6.58 Å². The van der Waals surface area contributed by atoms with Crippen molar-refractivity contribution in [3.63, 3.8) is 0 Å². The van der Waals surface area contributed by atoms with E-state index in [0.717, 1.165) is 68.9 Å². The number of hydrogen-bond acceptors (Lipinski definition) is 1. The first-order valence-corrected chi connectivity index (χ1v) is 25.4. The Morgan fingerprint density at radius 3 is 2.03 bits per heavy atom. The molecule has 1 rings (SSSR count). The summed E-state index contributed by atoms with van der Waals surface area (Å²) in [5, 5.41) is 0. The van der Waals surface area contributed by atoms with E-state index >= 15 is 0 Å². The lowest BCUT2D eigenvalue weighted by atomic mass is 9.68. The van der Waals surface area contributed by atoms with E-state index in [4.69, 9.17) is 5.73 Å². The third-order valence-electron chi connectivity index (χ3n) is 14.1. The molecule has 0 aromatic carbocycles. The Bertz CT molecular complexity index is 1750. The monoisotopic (exact) mass is 858 g/mol. The van der Waals surface area contributed by atoms with Crippen LogP contribution in [0.25, 0.3) is 0 Å². The lowest BCUT2D eigenvalue weighted by Gasteiger charge is -2.37. The molecular formula is C62H99N. The molecule has 0 bridgehead atoms. The minimum absolute atomic E-state index is 0.123. The highest BCUT2D eigenvalue weighted by molar-refractivity contribution is 5.63. The second kappa shape index (κ2) is 29.9. The van der Waals surface area contributed by atoms with Gasteiger partial charge in [0, 0.05) is 11.0 Å². The standard InChI is InChI=1S/C62H99N/c1-19-25-27-29-33-50(14)45-62(63,24-6)58(54(31-22-4)39-37-49(13)30-21-3)43-38-51(15)53(17)55(52(16)34-28-26-20-2)42-44-60-57(41-36-47(9)10)56(40-35-46(7)8)59(32-23-5)61(60,18)48(11)12/h20,23,26,28-29,33,35,38,40,42-44,47-49,52,54H,2,5,7,14,19,21-22,24-25,27,30-32,34,36-37,39,41,45,63H2,1,3-4,6,8-13,15-18H3/b28-26-,33-29-,40-35-,44-42+,51-38+,55-53-,58-43-. The zero-order chi connectivity index (χ0) is 47.8. The van der Waals surface area contributed by atoms with Crippen LogP contribution in [-0.4, -0.2) is 5.54 Å². The van der Waals surface area contributed by atoms with Crippen molar-refractivity contribution in [3.8, 4) is 0 Å². The van der Waals surface area contributed by atoms with Gasteiger partial charge in [-0.2, -0.15) is 0 Å². The van der Waals surface area contributed by atoms with Crippen LogP contribution in [0.3, 0.4) is 0 Å². The summed E-state index contributed by atoms with van der Waals surface area (Å²) in [6, 6.07) is 0. The van der Waals surface area contributed by atoms with Crippen LogP contribution in [0.15, 0.2) is 155 Å². The highest BCUT2D eigenvalue weighted by Crippen LogP contribution is 2.55. The van der Waals surface area contributed by atoms with Crippen molar-refractivity contribution in [1.29, 1.82) is 0 Å². The quantitative estimate of drug-likeness (QED) is 0.0407. The van der Waals surface area contributed by atoms with E-state index in [9.17, 15) is 0 Å². The van der Waals surface area contributed by atoms with E-state index in [-0.39, 0.29) is 5.41 Å². The Morgan fingerprint density at radius 1 is 0.794 bits per heavy atom. The zero-order valence-electron chi connectivity index (χ0n) is 43.8. The third kappa shape index (κ3) is 18.2. The number of hydrogen-bond donors (Lipinski definition) is 1. The van der Waals surface area contributed by atoms with E-state index < -0.39 is 5.54 Å². The first kappa shape index (κ1) is 57.6. The second-order valence-electron chi connectivity index (χ2n) is 20.3. The van der Waals surface area contributed by atoms with Crippen molar-refractivity contribution >= 4 is 0 Å². The van der Waals surface area contributed by atoms with Gasteiger partial charge in [0.25, 0.3) is 0 Å². The van der Waals surface area contributed by atoms with Crippen LogP contribution >= 0.6 is 0 Å². The molecule has 1 heteroatoms. The molecule has 1 aliphatic rings. The predicted octanol–water partition coefficient (Wildman–Crippen LogP) is 19.3. The molecule has 0 fully saturated rings. The molecular weight excluding hydrogens is 759 g/mol. The van der Waals surface area contributed by atoms with Crippen molar-refractivity contribution in [2.24, 2.45) is 40.7 Å². The first-order valence-electron chi connectivity index (χ1n) is 25.4. The average molecular weight is 858 g/mol. The molecule has 0 amide bonds. The molecule has 5 atom stereocenters. The summed E-state index contributed by atoms with van der Waals surface area (Å²) in [6.07, 6.45) is 43.7. The Kier molecular flexibility index (Phi) is 27.3. The summed E-state index contributed by atoms with van der Waals surface area (Å²) in [6.45, 7) is 49.7. The smallest absolute Gasteiger partial charge is 0.0412 e. The van der Waals surface area contributed by atoms with Crippen molar-refractivity contribution in [2.45, 2.75) is 199 Å². The third-order valence-corrected chi connectivity index (χ3v) is 14.1. The van der Waals surface area contributed by atoms with Gasteiger partial charge < -0.3 is 5.73 Å². The van der Waals surface area contributed by atoms with Gasteiger partial charge in [0.2, 0.25) is 0 Å². The van der Waals surface area contributed by atoms with Crippen LogP contribution in [-0.2, 0) is 0 Å². The SMILES string of the molecule is C=C/C=C\CC(C)C(/C=C/C1=C(CCC(C)C)C(/C=C\C(=C)C)=C(CC=C)C1(C)C(C)C)=C(C)\C(C)=C\C=C(\C(CCC)CCC(C)CCC)C(N)(CC)CC(=C)/C=C\CCCC. The van der Waals surface area contributed by atoms with Crippen LogP contribution in [0, 0.1) is 35.0 Å².